The minimum Gasteiger partial charge on any atom is -0.486 e. The first-order valence-electron chi connectivity index (χ1n) is 12.5. The van der Waals surface area contributed by atoms with Gasteiger partial charge in [-0.25, -0.2) is 14.4 Å². The topological polar surface area (TPSA) is 83.7 Å². The molecule has 1 aliphatic heterocycles. The molecule has 1 aliphatic carbocycles. The van der Waals surface area contributed by atoms with Crippen LogP contribution in [0.15, 0.2) is 12.3 Å². The summed E-state index contributed by atoms with van der Waals surface area (Å²) in [6.07, 6.45) is 1.75. The molecule has 192 valence electrons. The SMILES string of the molecule is CCN(CC)C(=O)C(C)(C)N1CC(c2cnc(N)c(OC(C)C3C(Cl)CCC(F)C3C)c2)CN1. The molecule has 7 nitrogen and oxygen atoms in total. The van der Waals surface area contributed by atoms with Crippen molar-refractivity contribution in [2.24, 2.45) is 11.8 Å². The van der Waals surface area contributed by atoms with Crippen LogP contribution >= 0.6 is 11.6 Å². The zero-order chi connectivity index (χ0) is 25.2. The van der Waals surface area contributed by atoms with Crippen molar-refractivity contribution in [2.75, 3.05) is 31.9 Å². The fourth-order valence-corrected chi connectivity index (χ4v) is 5.93. The van der Waals surface area contributed by atoms with E-state index in [2.05, 4.69) is 10.4 Å². The van der Waals surface area contributed by atoms with Crippen molar-refractivity contribution >= 4 is 23.3 Å². The number of hydrogen-bond acceptors (Lipinski definition) is 6. The van der Waals surface area contributed by atoms with Crippen molar-refractivity contribution in [1.29, 1.82) is 0 Å². The van der Waals surface area contributed by atoms with Crippen LogP contribution in [0.5, 0.6) is 5.75 Å². The monoisotopic (exact) mass is 497 g/mol. The average molecular weight is 498 g/mol. The lowest BCUT2D eigenvalue weighted by Crippen LogP contribution is -2.58. The molecule has 3 rings (SSSR count). The van der Waals surface area contributed by atoms with Crippen molar-refractivity contribution in [1.82, 2.24) is 20.3 Å². The molecule has 0 radical (unpaired) electrons. The van der Waals surface area contributed by atoms with E-state index in [0.717, 1.165) is 5.56 Å². The molecule has 1 aromatic heterocycles. The number of pyridine rings is 1. The van der Waals surface area contributed by atoms with Crippen LogP contribution in [0, 0.1) is 11.8 Å². The molecule has 6 unspecified atom stereocenters. The summed E-state index contributed by atoms with van der Waals surface area (Å²) in [6, 6.07) is 1.93. The highest BCUT2D eigenvalue weighted by molar-refractivity contribution is 6.20. The maximum atomic E-state index is 14.3. The third-order valence-corrected chi connectivity index (χ3v) is 8.23. The number of likely N-dealkylation sites (N-methyl/N-ethyl adjacent to an activating group) is 1. The van der Waals surface area contributed by atoms with Crippen molar-refractivity contribution in [3.8, 4) is 5.75 Å². The van der Waals surface area contributed by atoms with Crippen molar-refractivity contribution in [3.63, 3.8) is 0 Å². The third kappa shape index (κ3) is 5.44. The highest BCUT2D eigenvalue weighted by Gasteiger charge is 2.42. The molecule has 1 saturated carbocycles. The second kappa shape index (κ2) is 11.0. The first kappa shape index (κ1) is 27.0. The van der Waals surface area contributed by atoms with Gasteiger partial charge in [0.1, 0.15) is 17.8 Å². The number of alkyl halides is 2. The summed E-state index contributed by atoms with van der Waals surface area (Å²) in [7, 11) is 0. The molecule has 1 aromatic rings. The fraction of sp³-hybridized carbons (Fsp3) is 0.760. The van der Waals surface area contributed by atoms with Crippen LogP contribution in [0.4, 0.5) is 10.2 Å². The molecular weight excluding hydrogens is 457 g/mol. The van der Waals surface area contributed by atoms with E-state index in [9.17, 15) is 9.18 Å². The number of carbonyl (C=O) groups is 1. The Morgan fingerprint density at radius 3 is 2.74 bits per heavy atom. The molecule has 0 bridgehead atoms. The Hall–Kier alpha value is -1.64. The number of ether oxygens (including phenoxy) is 1. The first-order valence-corrected chi connectivity index (χ1v) is 13.0. The fourth-order valence-electron chi connectivity index (χ4n) is 5.36. The quantitative estimate of drug-likeness (QED) is 0.529. The van der Waals surface area contributed by atoms with Crippen molar-refractivity contribution in [3.05, 3.63) is 17.8 Å². The summed E-state index contributed by atoms with van der Waals surface area (Å²) < 4.78 is 20.6. The summed E-state index contributed by atoms with van der Waals surface area (Å²) in [5, 5.41) is 1.88. The van der Waals surface area contributed by atoms with Crippen LogP contribution in [0.25, 0.3) is 0 Å². The molecule has 3 N–H and O–H groups in total. The van der Waals surface area contributed by atoms with E-state index in [1.807, 2.05) is 57.5 Å². The van der Waals surface area contributed by atoms with Crippen LogP contribution in [-0.2, 0) is 4.79 Å². The molecule has 9 heteroatoms. The minimum absolute atomic E-state index is 0.0994. The predicted molar refractivity (Wildman–Crippen MR) is 135 cm³/mol. The number of nitrogens with zero attached hydrogens (tertiary/aromatic N) is 3. The molecule has 2 aliphatic rings. The summed E-state index contributed by atoms with van der Waals surface area (Å²) in [4.78, 5) is 19.3. The van der Waals surface area contributed by atoms with E-state index < -0.39 is 11.7 Å². The molecular formula is C25H41ClFN5O2. The number of halogens is 2. The van der Waals surface area contributed by atoms with E-state index in [1.165, 1.54) is 0 Å². The second-order valence-electron chi connectivity index (χ2n) is 10.2. The Bertz CT molecular complexity index is 853. The molecule has 6 atom stereocenters. The van der Waals surface area contributed by atoms with E-state index in [1.54, 1.807) is 6.20 Å². The standard InChI is InChI=1S/C25H41ClFN5O2/c1-7-31(8-2)24(33)25(5,6)32-14-18(13-30-32)17-11-21(23(28)29-12-17)34-16(4)22-15(3)20(27)10-9-19(22)26/h11-12,15-16,18-20,22,30H,7-10,13-14H2,1-6H3,(H2,28,29). The number of aromatic nitrogens is 1. The summed E-state index contributed by atoms with van der Waals surface area (Å²) in [5.74, 6) is 0.744. The number of amides is 1. The highest BCUT2D eigenvalue weighted by atomic mass is 35.5. The van der Waals surface area contributed by atoms with Gasteiger partial charge in [0.25, 0.3) is 0 Å². The Balaban J connectivity index is 1.72. The molecule has 2 heterocycles. The normalized spacial score (nSPS) is 29.1. The largest absolute Gasteiger partial charge is 0.486 e. The van der Waals surface area contributed by atoms with Gasteiger partial charge in [0.05, 0.1) is 0 Å². The number of carbonyl (C=O) groups excluding carboxylic acids is 1. The average Bonchev–Trinajstić information content (AvgIpc) is 3.30. The molecule has 2 fully saturated rings. The van der Waals surface area contributed by atoms with Crippen molar-refractivity contribution in [2.45, 2.75) is 83.5 Å². The van der Waals surface area contributed by atoms with E-state index in [4.69, 9.17) is 22.1 Å². The second-order valence-corrected chi connectivity index (χ2v) is 10.8. The number of rotatable bonds is 8. The van der Waals surface area contributed by atoms with E-state index in [0.29, 0.717) is 50.6 Å². The van der Waals surface area contributed by atoms with Gasteiger partial charge >= 0.3 is 0 Å². The number of anilines is 1. The first-order chi connectivity index (χ1) is 16.0. The lowest BCUT2D eigenvalue weighted by atomic mass is 9.76. The molecule has 1 saturated heterocycles. The smallest absolute Gasteiger partial charge is 0.243 e. The molecule has 34 heavy (non-hydrogen) atoms. The van der Waals surface area contributed by atoms with Crippen molar-refractivity contribution < 1.29 is 13.9 Å². The number of nitrogens with two attached hydrogens (primary N) is 1. The predicted octanol–water partition coefficient (Wildman–Crippen LogP) is 3.97. The van der Waals surface area contributed by atoms with E-state index in [-0.39, 0.29) is 35.1 Å². The van der Waals surface area contributed by atoms with Crippen LogP contribution in [0.1, 0.15) is 65.9 Å². The van der Waals surface area contributed by atoms with Gasteiger partial charge in [-0.1, -0.05) is 6.92 Å². The zero-order valence-electron chi connectivity index (χ0n) is 21.4. The van der Waals surface area contributed by atoms with Crippen LogP contribution in [0.2, 0.25) is 0 Å². The lowest BCUT2D eigenvalue weighted by molar-refractivity contribution is -0.143. The van der Waals surface area contributed by atoms with Gasteiger partial charge in [0.2, 0.25) is 5.91 Å². The summed E-state index contributed by atoms with van der Waals surface area (Å²) in [5.41, 5.74) is 9.85. The Morgan fingerprint density at radius 2 is 2.09 bits per heavy atom. The summed E-state index contributed by atoms with van der Waals surface area (Å²) in [6.45, 7) is 14.4. The lowest BCUT2D eigenvalue weighted by Gasteiger charge is -2.39. The highest BCUT2D eigenvalue weighted by Crippen LogP contribution is 2.39. The molecule has 0 aromatic carbocycles. The maximum Gasteiger partial charge on any atom is 0.243 e. The van der Waals surface area contributed by atoms with Gasteiger partial charge in [-0.2, -0.15) is 0 Å². The van der Waals surface area contributed by atoms with Gasteiger partial charge in [-0.15, -0.1) is 11.6 Å². The van der Waals surface area contributed by atoms with Gasteiger partial charge < -0.3 is 15.4 Å². The number of nitrogens with one attached hydrogen (secondary N) is 1. The number of nitrogen functional groups attached to an aromatic ring is 1. The van der Waals surface area contributed by atoms with Gasteiger partial charge in [0, 0.05) is 49.6 Å². The van der Waals surface area contributed by atoms with Crippen LogP contribution in [-0.4, -0.2) is 70.2 Å². The maximum absolute atomic E-state index is 14.3. The van der Waals surface area contributed by atoms with E-state index >= 15 is 0 Å². The number of hydrazine groups is 1. The van der Waals surface area contributed by atoms with Gasteiger partial charge in [0.15, 0.2) is 11.6 Å². The minimum atomic E-state index is -0.870. The Morgan fingerprint density at radius 1 is 1.41 bits per heavy atom. The van der Waals surface area contributed by atoms with Crippen LogP contribution in [0.3, 0.4) is 0 Å². The van der Waals surface area contributed by atoms with Gasteiger partial charge in [-0.05, 0) is 65.0 Å². The molecule has 0 spiro atoms. The Labute approximate surface area is 208 Å². The number of hydrogen-bond donors (Lipinski definition) is 2. The Kier molecular flexibility index (Phi) is 8.69. The molecule has 1 amide bonds. The third-order valence-electron chi connectivity index (χ3n) is 7.72. The summed E-state index contributed by atoms with van der Waals surface area (Å²) >= 11 is 6.57. The zero-order valence-corrected chi connectivity index (χ0v) is 22.1. The van der Waals surface area contributed by atoms with Gasteiger partial charge in [-0.3, -0.25) is 10.2 Å². The van der Waals surface area contributed by atoms with Crippen LogP contribution < -0.4 is 15.9 Å².